The van der Waals surface area contributed by atoms with Gasteiger partial charge in [-0.05, 0) is 18.2 Å². The second kappa shape index (κ2) is 8.37. The van der Waals surface area contributed by atoms with Crippen LogP contribution in [0.5, 0.6) is 5.75 Å². The molecule has 1 aliphatic heterocycles. The van der Waals surface area contributed by atoms with Crippen LogP contribution in [-0.2, 0) is 7.05 Å². The molecule has 7 nitrogen and oxygen atoms in total. The molecule has 1 aromatic carbocycles. The van der Waals surface area contributed by atoms with E-state index in [0.29, 0.717) is 43.1 Å². The second-order valence-corrected chi connectivity index (χ2v) is 8.54. The van der Waals surface area contributed by atoms with Crippen molar-refractivity contribution in [2.75, 3.05) is 18.0 Å². The Hall–Kier alpha value is -3.50. The number of alkyl halides is 2. The van der Waals surface area contributed by atoms with Gasteiger partial charge in [-0.1, -0.05) is 0 Å². The van der Waals surface area contributed by atoms with Gasteiger partial charge in [-0.2, -0.15) is 5.10 Å². The monoisotopic (exact) mass is 475 g/mol. The fourth-order valence-corrected chi connectivity index (χ4v) is 4.07. The molecule has 2 fully saturated rings. The van der Waals surface area contributed by atoms with Crippen LogP contribution in [0.3, 0.4) is 0 Å². The minimum atomic E-state index is -2.80. The molecule has 0 spiro atoms. The van der Waals surface area contributed by atoms with Crippen LogP contribution in [0.15, 0.2) is 41.3 Å². The van der Waals surface area contributed by atoms with Crippen LogP contribution in [0.4, 0.5) is 23.4 Å². The standard InChI is InChI=1S/C23H21F4N5O2/c1-31-20(33)5-3-17(30-31)21-22(28-12-18(29-21)15-11-23(15,26)27)32-8-6-14(7-9-32)34-19-4-2-13(24)10-16(19)25/h2-5,10,12,14-15H,6-9,11H2,1H3. The van der Waals surface area contributed by atoms with Gasteiger partial charge in [0, 0.05) is 51.5 Å². The molecule has 1 saturated carbocycles. The van der Waals surface area contributed by atoms with E-state index in [1.54, 1.807) is 0 Å². The minimum absolute atomic E-state index is 0.00977. The molecule has 3 heterocycles. The third kappa shape index (κ3) is 4.34. The zero-order valence-electron chi connectivity index (χ0n) is 18.2. The smallest absolute Gasteiger partial charge is 0.266 e. The Morgan fingerprint density at radius 1 is 1.12 bits per heavy atom. The Balaban J connectivity index is 1.39. The number of piperidine rings is 1. The summed E-state index contributed by atoms with van der Waals surface area (Å²) in [7, 11) is 1.50. The zero-order chi connectivity index (χ0) is 24.0. The lowest BCUT2D eigenvalue weighted by molar-refractivity contribution is 0.111. The van der Waals surface area contributed by atoms with Gasteiger partial charge in [0.25, 0.3) is 11.5 Å². The third-order valence-electron chi connectivity index (χ3n) is 6.09. The predicted octanol–water partition coefficient (Wildman–Crippen LogP) is 3.69. The van der Waals surface area contributed by atoms with Gasteiger partial charge in [0.05, 0.1) is 17.8 Å². The summed E-state index contributed by atoms with van der Waals surface area (Å²) in [5.74, 6) is -4.76. The van der Waals surface area contributed by atoms with Gasteiger partial charge in [-0.15, -0.1) is 0 Å². The number of benzene rings is 1. The van der Waals surface area contributed by atoms with E-state index >= 15 is 0 Å². The van der Waals surface area contributed by atoms with Crippen LogP contribution in [0.25, 0.3) is 11.4 Å². The van der Waals surface area contributed by atoms with E-state index in [9.17, 15) is 22.4 Å². The van der Waals surface area contributed by atoms with Crippen molar-refractivity contribution in [3.8, 4) is 17.1 Å². The zero-order valence-corrected chi connectivity index (χ0v) is 18.2. The fourth-order valence-electron chi connectivity index (χ4n) is 4.07. The van der Waals surface area contributed by atoms with Crippen LogP contribution in [0.1, 0.15) is 30.9 Å². The van der Waals surface area contributed by atoms with E-state index in [2.05, 4.69) is 15.1 Å². The minimum Gasteiger partial charge on any atom is -0.487 e. The molecular weight excluding hydrogens is 454 g/mol. The van der Waals surface area contributed by atoms with E-state index in [-0.39, 0.29) is 29.5 Å². The first-order valence-electron chi connectivity index (χ1n) is 10.9. The molecule has 1 saturated heterocycles. The average Bonchev–Trinajstić information content (AvgIpc) is 3.46. The summed E-state index contributed by atoms with van der Waals surface area (Å²) in [6, 6.07) is 6.01. The topological polar surface area (TPSA) is 73.1 Å². The van der Waals surface area contributed by atoms with Crippen molar-refractivity contribution >= 4 is 5.82 Å². The van der Waals surface area contributed by atoms with Gasteiger partial charge < -0.3 is 9.64 Å². The number of rotatable bonds is 5. The van der Waals surface area contributed by atoms with Crippen molar-refractivity contribution in [1.82, 2.24) is 19.7 Å². The number of ether oxygens (including phenoxy) is 1. The van der Waals surface area contributed by atoms with Crippen LogP contribution >= 0.6 is 0 Å². The highest BCUT2D eigenvalue weighted by Gasteiger charge is 2.58. The van der Waals surface area contributed by atoms with E-state index < -0.39 is 23.5 Å². The lowest BCUT2D eigenvalue weighted by atomic mass is 10.1. The molecule has 1 atom stereocenters. The van der Waals surface area contributed by atoms with Crippen molar-refractivity contribution in [2.45, 2.75) is 37.2 Å². The number of hydrogen-bond donors (Lipinski definition) is 0. The van der Waals surface area contributed by atoms with Crippen LogP contribution < -0.4 is 15.2 Å². The van der Waals surface area contributed by atoms with Gasteiger partial charge in [0.2, 0.25) is 0 Å². The molecule has 0 amide bonds. The SMILES string of the molecule is Cn1nc(-c2nc(C3CC3(F)F)cnc2N2CCC(Oc3ccc(F)cc3F)CC2)ccc1=O. The van der Waals surface area contributed by atoms with Crippen molar-refractivity contribution in [3.63, 3.8) is 0 Å². The number of anilines is 1. The molecule has 0 bridgehead atoms. The first-order valence-corrected chi connectivity index (χ1v) is 10.9. The second-order valence-electron chi connectivity index (χ2n) is 8.54. The van der Waals surface area contributed by atoms with Gasteiger partial charge in [0.15, 0.2) is 17.4 Å². The van der Waals surface area contributed by atoms with E-state index in [1.807, 2.05) is 4.90 Å². The Morgan fingerprint density at radius 2 is 1.85 bits per heavy atom. The Kier molecular flexibility index (Phi) is 5.49. The maximum atomic E-state index is 13.9. The quantitative estimate of drug-likeness (QED) is 0.525. The van der Waals surface area contributed by atoms with Gasteiger partial charge in [-0.25, -0.2) is 32.2 Å². The molecule has 1 aliphatic carbocycles. The number of hydrogen-bond acceptors (Lipinski definition) is 6. The molecule has 5 rings (SSSR count). The van der Waals surface area contributed by atoms with Crippen LogP contribution in [-0.4, -0.2) is 44.9 Å². The summed E-state index contributed by atoms with van der Waals surface area (Å²) >= 11 is 0. The third-order valence-corrected chi connectivity index (χ3v) is 6.09. The molecule has 2 aromatic heterocycles. The van der Waals surface area contributed by atoms with Gasteiger partial charge in [-0.3, -0.25) is 4.79 Å². The summed E-state index contributed by atoms with van der Waals surface area (Å²) in [6.45, 7) is 0.972. The van der Waals surface area contributed by atoms with E-state index in [4.69, 9.17) is 4.74 Å². The molecule has 34 heavy (non-hydrogen) atoms. The normalized spacial score (nSPS) is 19.8. The van der Waals surface area contributed by atoms with Gasteiger partial charge >= 0.3 is 0 Å². The molecule has 0 radical (unpaired) electrons. The highest BCUT2D eigenvalue weighted by atomic mass is 19.3. The van der Waals surface area contributed by atoms with Crippen molar-refractivity contribution in [3.05, 3.63) is 64.2 Å². The van der Waals surface area contributed by atoms with E-state index in [1.165, 1.54) is 31.4 Å². The number of aryl methyl sites for hydroxylation is 1. The first kappa shape index (κ1) is 22.3. The average molecular weight is 475 g/mol. The lowest BCUT2D eigenvalue weighted by Crippen LogP contribution is -2.39. The summed E-state index contributed by atoms with van der Waals surface area (Å²) < 4.78 is 61.2. The van der Waals surface area contributed by atoms with Crippen molar-refractivity contribution in [2.24, 2.45) is 7.05 Å². The Bertz CT molecular complexity index is 1290. The maximum Gasteiger partial charge on any atom is 0.266 e. The molecular formula is C23H21F4N5O2. The molecule has 3 aromatic rings. The summed E-state index contributed by atoms with van der Waals surface area (Å²) in [6.07, 6.45) is 1.86. The maximum absolute atomic E-state index is 13.9. The van der Waals surface area contributed by atoms with E-state index in [0.717, 1.165) is 16.8 Å². The molecule has 0 N–H and O–H groups in total. The molecule has 1 unspecified atom stereocenters. The van der Waals surface area contributed by atoms with Crippen LogP contribution in [0.2, 0.25) is 0 Å². The fraction of sp³-hybridized carbons (Fsp3) is 0.391. The first-order chi connectivity index (χ1) is 16.2. The highest BCUT2D eigenvalue weighted by molar-refractivity contribution is 5.69. The number of nitrogens with zero attached hydrogens (tertiary/aromatic N) is 5. The van der Waals surface area contributed by atoms with Gasteiger partial charge in [0.1, 0.15) is 23.3 Å². The predicted molar refractivity (Wildman–Crippen MR) is 115 cm³/mol. The van der Waals surface area contributed by atoms with Crippen molar-refractivity contribution < 1.29 is 22.3 Å². The Labute approximate surface area is 192 Å². The van der Waals surface area contributed by atoms with Crippen LogP contribution in [0, 0.1) is 11.6 Å². The molecule has 178 valence electrons. The summed E-state index contributed by atoms with van der Waals surface area (Å²) in [5.41, 5.74) is 0.542. The summed E-state index contributed by atoms with van der Waals surface area (Å²) in [5, 5.41) is 4.23. The highest BCUT2D eigenvalue weighted by Crippen LogP contribution is 2.55. The number of halogens is 4. The Morgan fingerprint density at radius 3 is 2.50 bits per heavy atom. The summed E-state index contributed by atoms with van der Waals surface area (Å²) in [4.78, 5) is 22.6. The largest absolute Gasteiger partial charge is 0.487 e. The number of aromatic nitrogens is 4. The molecule has 2 aliphatic rings. The lowest BCUT2D eigenvalue weighted by Gasteiger charge is -2.33. The van der Waals surface area contributed by atoms with Crippen molar-refractivity contribution in [1.29, 1.82) is 0 Å². The molecule has 11 heteroatoms.